The fourth-order valence-electron chi connectivity index (χ4n) is 4.27. The maximum absolute atomic E-state index is 13.4. The summed E-state index contributed by atoms with van der Waals surface area (Å²) in [5.41, 5.74) is 1.73. The van der Waals surface area contributed by atoms with Gasteiger partial charge in [0, 0.05) is 28.4 Å². The lowest BCUT2D eigenvalue weighted by molar-refractivity contribution is -0.139. The van der Waals surface area contributed by atoms with Gasteiger partial charge in [-0.05, 0) is 54.7 Å². The van der Waals surface area contributed by atoms with Gasteiger partial charge in [-0.15, -0.1) is 11.8 Å². The van der Waals surface area contributed by atoms with E-state index in [4.69, 9.17) is 46.4 Å². The highest BCUT2D eigenvalue weighted by molar-refractivity contribution is 7.99. The van der Waals surface area contributed by atoms with E-state index in [0.717, 1.165) is 36.8 Å². The highest BCUT2D eigenvalue weighted by Gasteiger charge is 2.30. The van der Waals surface area contributed by atoms with E-state index in [1.807, 2.05) is 19.1 Å². The van der Waals surface area contributed by atoms with E-state index in [-0.39, 0.29) is 30.2 Å². The van der Waals surface area contributed by atoms with Crippen molar-refractivity contribution in [3.63, 3.8) is 0 Å². The molecule has 1 unspecified atom stereocenters. The van der Waals surface area contributed by atoms with Crippen LogP contribution < -0.4 is 5.32 Å². The van der Waals surface area contributed by atoms with E-state index >= 15 is 0 Å². The first-order valence-electron chi connectivity index (χ1n) is 11.8. The van der Waals surface area contributed by atoms with Gasteiger partial charge in [0.15, 0.2) is 0 Å². The second kappa shape index (κ2) is 14.0. The van der Waals surface area contributed by atoms with Gasteiger partial charge in [-0.1, -0.05) is 84.7 Å². The van der Waals surface area contributed by atoms with Crippen LogP contribution in [-0.4, -0.2) is 34.6 Å². The lowest BCUT2D eigenvalue weighted by Crippen LogP contribution is -2.52. The van der Waals surface area contributed by atoms with Gasteiger partial charge < -0.3 is 10.2 Å². The van der Waals surface area contributed by atoms with Crippen molar-refractivity contribution < 1.29 is 9.59 Å². The summed E-state index contributed by atoms with van der Waals surface area (Å²) in [5, 5.41) is 5.20. The predicted octanol–water partition coefficient (Wildman–Crippen LogP) is 7.79. The van der Waals surface area contributed by atoms with Gasteiger partial charge >= 0.3 is 0 Å². The molecular weight excluding hydrogens is 546 g/mol. The van der Waals surface area contributed by atoms with E-state index in [1.54, 1.807) is 29.2 Å². The Morgan fingerprint density at radius 1 is 1.00 bits per heavy atom. The molecule has 0 radical (unpaired) electrons. The van der Waals surface area contributed by atoms with E-state index < -0.39 is 6.04 Å². The molecule has 0 saturated heterocycles. The molecule has 0 spiro atoms. The molecule has 2 aromatic rings. The molecule has 2 aromatic carbocycles. The summed E-state index contributed by atoms with van der Waals surface area (Å²) in [4.78, 5) is 28.4. The second-order valence-electron chi connectivity index (χ2n) is 8.77. The highest BCUT2D eigenvalue weighted by Crippen LogP contribution is 2.27. The standard InChI is InChI=1S/C26H30Cl4N2O2S/c1-2-24(26(34)31-20-6-4-3-5-7-20)32(14-17-8-11-21(28)23(30)12-17)25(33)16-35-15-18-9-10-19(27)13-22(18)29/h8-13,20,24H,2-7,14-16H2,1H3,(H,31,34). The van der Waals surface area contributed by atoms with Gasteiger partial charge in [-0.3, -0.25) is 9.59 Å². The zero-order chi connectivity index (χ0) is 25.4. The number of carbonyl (C=O) groups is 2. The van der Waals surface area contributed by atoms with Gasteiger partial charge in [0.1, 0.15) is 6.04 Å². The molecule has 190 valence electrons. The summed E-state index contributed by atoms with van der Waals surface area (Å²) in [6.07, 6.45) is 5.94. The third kappa shape index (κ3) is 8.46. The Labute approximate surface area is 232 Å². The van der Waals surface area contributed by atoms with E-state index in [1.165, 1.54) is 18.2 Å². The van der Waals surface area contributed by atoms with Crippen LogP contribution >= 0.6 is 58.2 Å². The number of carbonyl (C=O) groups excluding carboxylic acids is 2. The topological polar surface area (TPSA) is 49.4 Å². The summed E-state index contributed by atoms with van der Waals surface area (Å²) in [7, 11) is 0. The Balaban J connectivity index is 1.73. The maximum atomic E-state index is 13.4. The van der Waals surface area contributed by atoms with Crippen LogP contribution in [0.3, 0.4) is 0 Å². The Hall–Kier alpha value is -1.11. The van der Waals surface area contributed by atoms with Gasteiger partial charge in [-0.2, -0.15) is 0 Å². The van der Waals surface area contributed by atoms with Crippen LogP contribution in [0.5, 0.6) is 0 Å². The molecule has 4 nitrogen and oxygen atoms in total. The van der Waals surface area contributed by atoms with Crippen molar-refractivity contribution in [1.29, 1.82) is 0 Å². The minimum absolute atomic E-state index is 0.0986. The zero-order valence-electron chi connectivity index (χ0n) is 19.7. The van der Waals surface area contributed by atoms with Crippen LogP contribution in [0.25, 0.3) is 0 Å². The average Bonchev–Trinajstić information content (AvgIpc) is 2.83. The van der Waals surface area contributed by atoms with Gasteiger partial charge in [-0.25, -0.2) is 0 Å². The average molecular weight is 576 g/mol. The number of benzene rings is 2. The Morgan fingerprint density at radius 3 is 2.40 bits per heavy atom. The molecule has 1 atom stereocenters. The number of amides is 2. The molecule has 2 amide bonds. The minimum atomic E-state index is -0.571. The second-order valence-corrected chi connectivity index (χ2v) is 11.4. The number of nitrogens with one attached hydrogen (secondary N) is 1. The van der Waals surface area contributed by atoms with Crippen LogP contribution in [0.2, 0.25) is 20.1 Å². The Kier molecular flexibility index (Phi) is 11.4. The van der Waals surface area contributed by atoms with Crippen LogP contribution in [0, 0.1) is 0 Å². The van der Waals surface area contributed by atoms with Gasteiger partial charge in [0.05, 0.1) is 15.8 Å². The molecule has 1 saturated carbocycles. The fourth-order valence-corrected chi connectivity index (χ4v) is 6.06. The van der Waals surface area contributed by atoms with Gasteiger partial charge in [0.25, 0.3) is 0 Å². The van der Waals surface area contributed by atoms with E-state index in [2.05, 4.69) is 5.32 Å². The summed E-state index contributed by atoms with van der Waals surface area (Å²) in [6.45, 7) is 2.20. The normalized spacial score (nSPS) is 15.0. The molecular formula is C26H30Cl4N2O2S. The van der Waals surface area contributed by atoms with Crippen LogP contribution in [0.4, 0.5) is 0 Å². The van der Waals surface area contributed by atoms with Crippen LogP contribution in [0.15, 0.2) is 36.4 Å². The van der Waals surface area contributed by atoms with Crippen molar-refractivity contribution in [2.75, 3.05) is 5.75 Å². The summed E-state index contributed by atoms with van der Waals surface area (Å²) >= 11 is 26.0. The lowest BCUT2D eigenvalue weighted by Gasteiger charge is -2.33. The predicted molar refractivity (Wildman–Crippen MR) is 149 cm³/mol. The van der Waals surface area contributed by atoms with Crippen molar-refractivity contribution in [2.45, 2.75) is 69.8 Å². The Bertz CT molecular complexity index is 1030. The molecule has 1 N–H and O–H groups in total. The van der Waals surface area contributed by atoms with Crippen LogP contribution in [-0.2, 0) is 21.9 Å². The molecule has 1 aliphatic carbocycles. The van der Waals surface area contributed by atoms with Crippen LogP contribution in [0.1, 0.15) is 56.6 Å². The fraction of sp³-hybridized carbons (Fsp3) is 0.462. The molecule has 0 aromatic heterocycles. The molecule has 0 aliphatic heterocycles. The number of hydrogen-bond donors (Lipinski definition) is 1. The zero-order valence-corrected chi connectivity index (χ0v) is 23.5. The largest absolute Gasteiger partial charge is 0.352 e. The third-order valence-electron chi connectivity index (χ3n) is 6.17. The molecule has 0 heterocycles. The third-order valence-corrected chi connectivity index (χ3v) is 8.46. The van der Waals surface area contributed by atoms with Crippen molar-refractivity contribution in [1.82, 2.24) is 10.2 Å². The maximum Gasteiger partial charge on any atom is 0.243 e. The van der Waals surface area contributed by atoms with Crippen molar-refractivity contribution in [3.8, 4) is 0 Å². The summed E-state index contributed by atoms with van der Waals surface area (Å²) in [6, 6.07) is 10.2. The molecule has 9 heteroatoms. The quantitative estimate of drug-likeness (QED) is 0.314. The molecule has 0 bridgehead atoms. The van der Waals surface area contributed by atoms with Crippen molar-refractivity contribution in [3.05, 3.63) is 67.6 Å². The monoisotopic (exact) mass is 574 g/mol. The number of thioether (sulfide) groups is 1. The first-order chi connectivity index (χ1) is 16.8. The van der Waals surface area contributed by atoms with Crippen molar-refractivity contribution >= 4 is 70.0 Å². The minimum Gasteiger partial charge on any atom is -0.352 e. The van der Waals surface area contributed by atoms with Gasteiger partial charge in [0.2, 0.25) is 11.8 Å². The number of hydrogen-bond acceptors (Lipinski definition) is 3. The molecule has 1 aliphatic rings. The lowest BCUT2D eigenvalue weighted by atomic mass is 9.95. The summed E-state index contributed by atoms with van der Waals surface area (Å²) < 4.78 is 0. The molecule has 1 fully saturated rings. The smallest absolute Gasteiger partial charge is 0.243 e. The first kappa shape index (κ1) is 28.5. The number of halogens is 4. The van der Waals surface area contributed by atoms with Crippen molar-refractivity contribution in [2.24, 2.45) is 0 Å². The molecule has 35 heavy (non-hydrogen) atoms. The SMILES string of the molecule is CCC(C(=O)NC1CCCCC1)N(Cc1ccc(Cl)c(Cl)c1)C(=O)CSCc1ccc(Cl)cc1Cl. The first-order valence-corrected chi connectivity index (χ1v) is 14.5. The van der Waals surface area contributed by atoms with E-state index in [0.29, 0.717) is 32.3 Å². The molecule has 3 rings (SSSR count). The number of rotatable bonds is 10. The highest BCUT2D eigenvalue weighted by atomic mass is 35.5. The summed E-state index contributed by atoms with van der Waals surface area (Å²) in [5.74, 6) is 0.566. The number of nitrogens with zero attached hydrogens (tertiary/aromatic N) is 1. The van der Waals surface area contributed by atoms with E-state index in [9.17, 15) is 9.59 Å². The Morgan fingerprint density at radius 2 is 1.74 bits per heavy atom.